The van der Waals surface area contributed by atoms with Gasteiger partial charge in [-0.2, -0.15) is 0 Å². The molecule has 46 valence electrons. The molecule has 0 aromatic carbocycles. The number of H-pyrrole nitrogens is 1. The van der Waals surface area contributed by atoms with E-state index >= 15 is 0 Å². The van der Waals surface area contributed by atoms with Crippen molar-refractivity contribution in [3.63, 3.8) is 0 Å². The van der Waals surface area contributed by atoms with Gasteiger partial charge in [0.1, 0.15) is 0 Å². The van der Waals surface area contributed by atoms with Crippen LogP contribution in [0.4, 0.5) is 0 Å². The maximum Gasteiger partial charge on any atom is 0.166 e. The number of nitrogens with one attached hydrogen (secondary N) is 1. The van der Waals surface area contributed by atoms with Crippen molar-refractivity contribution in [3.05, 3.63) is 30.6 Å². The lowest BCUT2D eigenvalue weighted by atomic mass is 10.5. The molecule has 0 bridgehead atoms. The normalized spacial score (nSPS) is 6.00. The number of hydrogen-bond donors (Lipinski definition) is 0. The summed E-state index contributed by atoms with van der Waals surface area (Å²) in [7, 11) is 0. The summed E-state index contributed by atoms with van der Waals surface area (Å²) in [6.07, 6.45) is 3.75. The molecule has 0 saturated heterocycles. The van der Waals surface area contributed by atoms with Gasteiger partial charge in [-0.05, 0) is 0 Å². The van der Waals surface area contributed by atoms with Crippen LogP contribution < -0.4 is 17.4 Å². The fourth-order valence-corrected chi connectivity index (χ4v) is 0.342. The van der Waals surface area contributed by atoms with Crippen LogP contribution in [0.15, 0.2) is 30.6 Å². The Labute approximate surface area is 54.3 Å². The van der Waals surface area contributed by atoms with Crippen LogP contribution in [0.1, 0.15) is 0 Å². The maximum absolute atomic E-state index is 2.89. The Morgan fingerprint density at radius 3 is 1.50 bits per heavy atom. The molecule has 8 heavy (non-hydrogen) atoms. The summed E-state index contributed by atoms with van der Waals surface area (Å²) in [6, 6.07) is 5.86. The monoisotopic (exact) mass is 132 g/mol. The number of hydrogen-bond acceptors (Lipinski definition) is 1. The fourth-order valence-electron chi connectivity index (χ4n) is 0.342. The molecule has 0 fully saturated rings. The zero-order chi connectivity index (χ0) is 4.24. The number of halogens is 1. The van der Waals surface area contributed by atoms with Gasteiger partial charge in [0.05, 0.1) is 0 Å². The summed E-state index contributed by atoms with van der Waals surface area (Å²) in [5, 5.41) is 0. The Morgan fingerprint density at radius 1 is 0.875 bits per heavy atom. The Morgan fingerprint density at radius 2 is 1.38 bits per heavy atom. The van der Waals surface area contributed by atoms with Gasteiger partial charge in [0.2, 0.25) is 0 Å². The third kappa shape index (κ3) is 3.59. The number of pyridine rings is 1. The van der Waals surface area contributed by atoms with Gasteiger partial charge in [-0.3, -0.25) is 0 Å². The van der Waals surface area contributed by atoms with Crippen LogP contribution in [0.2, 0.25) is 0 Å². The topological polar surface area (TPSA) is 44.1 Å². The lowest BCUT2D eigenvalue weighted by molar-refractivity contribution is -0.377. The molecule has 1 aromatic heterocycles. The zero-order valence-corrected chi connectivity index (χ0v) is 4.97. The minimum atomic E-state index is 0. The smallest absolute Gasteiger partial charge is 0.166 e. The second-order valence-electron chi connectivity index (χ2n) is 1.08. The molecule has 2 N–H and O–H groups in total. The van der Waals surface area contributed by atoms with Crippen molar-refractivity contribution in [2.24, 2.45) is 0 Å². The number of aromatic amines is 1. The van der Waals surface area contributed by atoms with E-state index in [0.29, 0.717) is 0 Å². The summed E-state index contributed by atoms with van der Waals surface area (Å²) in [5.41, 5.74) is 0. The Kier molecular flexibility index (Phi) is 8.32. The minimum absolute atomic E-state index is 0. The van der Waals surface area contributed by atoms with Gasteiger partial charge in [0.25, 0.3) is 0 Å². The van der Waals surface area contributed by atoms with Gasteiger partial charge in [-0.15, -0.1) is 0 Å². The van der Waals surface area contributed by atoms with Crippen LogP contribution >= 0.6 is 0 Å². The predicted molar refractivity (Wildman–Crippen MR) is 24.9 cm³/mol. The molecule has 2 nitrogen and oxygen atoms in total. The van der Waals surface area contributed by atoms with Crippen molar-refractivity contribution in [2.45, 2.75) is 0 Å². The summed E-state index contributed by atoms with van der Waals surface area (Å²) in [6.45, 7) is 0. The van der Waals surface area contributed by atoms with Gasteiger partial charge in [0.15, 0.2) is 12.4 Å². The summed E-state index contributed by atoms with van der Waals surface area (Å²) in [4.78, 5) is 2.89. The van der Waals surface area contributed by atoms with Crippen LogP contribution in [0.25, 0.3) is 0 Å². The van der Waals surface area contributed by atoms with E-state index in [4.69, 9.17) is 0 Å². The number of rotatable bonds is 0. The Hall–Kier alpha value is -0.600. The first kappa shape index (κ1) is 10.4. The van der Waals surface area contributed by atoms with Crippen LogP contribution in [0.5, 0.6) is 0 Å². The van der Waals surface area contributed by atoms with Gasteiger partial charge in [-0.25, -0.2) is 4.98 Å². The molecule has 0 radical (unpaired) electrons. The second-order valence-corrected chi connectivity index (χ2v) is 1.08. The van der Waals surface area contributed by atoms with E-state index in [0.717, 1.165) is 0 Å². The molecule has 0 aliphatic heterocycles. The van der Waals surface area contributed by atoms with Gasteiger partial charge in [0, 0.05) is 12.1 Å². The molecule has 0 aliphatic carbocycles. The highest BCUT2D eigenvalue weighted by Gasteiger charge is 1.65. The first-order valence-electron chi connectivity index (χ1n) is 1.91. The van der Waals surface area contributed by atoms with E-state index in [1.807, 2.05) is 30.6 Å². The average molecular weight is 133 g/mol. The molecule has 0 amide bonds. The molecule has 1 heterocycles. The predicted octanol–water partition coefficient (Wildman–Crippen LogP) is -2.67. The van der Waals surface area contributed by atoms with Crippen LogP contribution in [-0.2, 0) is 0 Å². The largest absolute Gasteiger partial charge is 1.00 e. The van der Waals surface area contributed by atoms with Crippen LogP contribution in [0, 0.1) is 0 Å². The molecule has 0 aliphatic rings. The molecule has 1 rings (SSSR count). The summed E-state index contributed by atoms with van der Waals surface area (Å²) >= 11 is 0. The van der Waals surface area contributed by atoms with E-state index < -0.39 is 0 Å². The highest BCUT2D eigenvalue weighted by molar-refractivity contribution is 4.82. The lowest BCUT2D eigenvalue weighted by Crippen LogP contribution is -3.00. The van der Waals surface area contributed by atoms with Crippen LogP contribution in [-0.4, -0.2) is 5.48 Å². The first-order chi connectivity index (χ1) is 3.00. The van der Waals surface area contributed by atoms with Gasteiger partial charge in [-0.1, -0.05) is 6.07 Å². The van der Waals surface area contributed by atoms with E-state index in [1.54, 1.807) is 0 Å². The van der Waals surface area contributed by atoms with Crippen molar-refractivity contribution in [1.82, 2.24) is 0 Å². The van der Waals surface area contributed by atoms with Crippen molar-refractivity contribution in [3.8, 4) is 0 Å². The van der Waals surface area contributed by atoms with Crippen molar-refractivity contribution < 1.29 is 22.9 Å². The molecular weight excluding hydrogens is 126 g/mol. The highest BCUT2D eigenvalue weighted by atomic mass is 35.5. The first-order valence-corrected chi connectivity index (χ1v) is 1.91. The lowest BCUT2D eigenvalue weighted by Gasteiger charge is -1.63. The Balaban J connectivity index is 0. The standard InChI is InChI=1S/C5H5N.ClH.H2O/c1-2-4-6-5-3-1;;/h1-5H;1H;1H2/p-1. The molecule has 0 atom stereocenters. The van der Waals surface area contributed by atoms with E-state index in [-0.39, 0.29) is 17.9 Å². The third-order valence-corrected chi connectivity index (χ3v) is 0.607. The minimum Gasteiger partial charge on any atom is -1.00 e. The maximum atomic E-state index is 2.89. The molecule has 1 aromatic rings. The second kappa shape index (κ2) is 6.40. The van der Waals surface area contributed by atoms with Crippen molar-refractivity contribution >= 4 is 0 Å². The van der Waals surface area contributed by atoms with E-state index in [1.165, 1.54) is 0 Å². The summed E-state index contributed by atoms with van der Waals surface area (Å²) < 4.78 is 0. The molecule has 3 heteroatoms. The van der Waals surface area contributed by atoms with Crippen molar-refractivity contribution in [1.29, 1.82) is 0 Å². The molecule has 0 spiro atoms. The van der Waals surface area contributed by atoms with Gasteiger partial charge < -0.3 is 17.9 Å². The van der Waals surface area contributed by atoms with E-state index in [9.17, 15) is 0 Å². The Bertz CT molecular complexity index is 84.4. The third-order valence-electron chi connectivity index (χ3n) is 0.607. The fraction of sp³-hybridized carbons (Fsp3) is 0. The average Bonchev–Trinajstić information content (AvgIpc) is 1.72. The highest BCUT2D eigenvalue weighted by Crippen LogP contribution is 1.68. The number of aromatic nitrogens is 1. The van der Waals surface area contributed by atoms with Gasteiger partial charge >= 0.3 is 0 Å². The zero-order valence-electron chi connectivity index (χ0n) is 4.21. The molecular formula is C5H7ClNO-. The SMILES string of the molecule is [Cl-].[OH-].c1cc[nH+]cc1. The molecule has 0 saturated carbocycles. The van der Waals surface area contributed by atoms with Crippen molar-refractivity contribution in [2.75, 3.05) is 0 Å². The quantitative estimate of drug-likeness (QED) is 0.380. The van der Waals surface area contributed by atoms with Crippen LogP contribution in [0.3, 0.4) is 0 Å². The van der Waals surface area contributed by atoms with E-state index in [2.05, 4.69) is 4.98 Å². The molecule has 0 unspecified atom stereocenters. The summed E-state index contributed by atoms with van der Waals surface area (Å²) in [5.74, 6) is 0.